The quantitative estimate of drug-likeness (QED) is 0.445. The first-order valence-corrected chi connectivity index (χ1v) is 7.95. The van der Waals surface area contributed by atoms with Crippen LogP contribution in [0, 0.1) is 13.8 Å². The third-order valence-electron chi connectivity index (χ3n) is 3.08. The zero-order chi connectivity index (χ0) is 17.5. The Kier molecular flexibility index (Phi) is 6.14. The van der Waals surface area contributed by atoms with Crippen LogP contribution >= 0.6 is 8.25 Å². The summed E-state index contributed by atoms with van der Waals surface area (Å²) in [5, 5.41) is 0. The molecule has 0 aliphatic heterocycles. The Balaban J connectivity index is 1.82. The van der Waals surface area contributed by atoms with Gasteiger partial charge in [-0.1, -0.05) is 36.4 Å². The van der Waals surface area contributed by atoms with Gasteiger partial charge in [-0.05, 0) is 37.1 Å². The van der Waals surface area contributed by atoms with E-state index in [4.69, 9.17) is 0 Å². The lowest BCUT2D eigenvalue weighted by Crippen LogP contribution is -2.07. The molecule has 0 heterocycles. The number of carbonyl (C=O) groups is 2. The zero-order valence-corrected chi connectivity index (χ0v) is 13.8. The molecule has 0 fully saturated rings. The summed E-state index contributed by atoms with van der Waals surface area (Å²) in [7, 11) is -2.98. The molecule has 0 atom stereocenters. The van der Waals surface area contributed by atoms with Crippen molar-refractivity contribution in [3.05, 3.63) is 70.8 Å². The van der Waals surface area contributed by atoms with Gasteiger partial charge in [-0.3, -0.25) is 0 Å². The lowest BCUT2D eigenvalue weighted by molar-refractivity contribution is -0.201. The SMILES string of the molecule is Cc1ccccc1C(=O)OO[P+](=O)OOC(=O)c1ccccc1C. The summed E-state index contributed by atoms with van der Waals surface area (Å²) >= 11 is 0. The van der Waals surface area contributed by atoms with Gasteiger partial charge in [0.1, 0.15) is 9.35 Å². The molecule has 0 spiro atoms. The maximum absolute atomic E-state index is 11.7. The van der Waals surface area contributed by atoms with Crippen molar-refractivity contribution >= 4 is 20.2 Å². The number of aryl methyl sites for hydroxylation is 2. The highest BCUT2D eigenvalue weighted by atomic mass is 31.1. The summed E-state index contributed by atoms with van der Waals surface area (Å²) in [5.41, 5.74) is 1.82. The summed E-state index contributed by atoms with van der Waals surface area (Å²) < 4.78 is 20.0. The summed E-state index contributed by atoms with van der Waals surface area (Å²) in [6.07, 6.45) is 0. The molecule has 7 nitrogen and oxygen atoms in total. The second-order valence-electron chi connectivity index (χ2n) is 4.74. The minimum atomic E-state index is -2.98. The molecule has 0 saturated carbocycles. The lowest BCUT2D eigenvalue weighted by atomic mass is 10.1. The van der Waals surface area contributed by atoms with Gasteiger partial charge in [-0.25, -0.2) is 19.4 Å². The van der Waals surface area contributed by atoms with Crippen molar-refractivity contribution in [2.45, 2.75) is 13.8 Å². The topological polar surface area (TPSA) is 88.1 Å². The normalized spacial score (nSPS) is 10.1. The molecule has 8 heteroatoms. The third-order valence-corrected chi connectivity index (χ3v) is 3.47. The summed E-state index contributed by atoms with van der Waals surface area (Å²) in [6, 6.07) is 13.2. The molecule has 24 heavy (non-hydrogen) atoms. The fraction of sp³-hybridized carbons (Fsp3) is 0.125. The first kappa shape index (κ1) is 17.7. The predicted octanol–water partition coefficient (Wildman–Crippen LogP) is 3.84. The molecular weight excluding hydrogens is 335 g/mol. The zero-order valence-electron chi connectivity index (χ0n) is 12.9. The average molecular weight is 349 g/mol. The largest absolute Gasteiger partial charge is 0.780 e. The van der Waals surface area contributed by atoms with E-state index in [0.29, 0.717) is 11.1 Å². The van der Waals surface area contributed by atoms with Crippen LogP contribution in [-0.2, 0) is 23.7 Å². The molecule has 0 N–H and O–H groups in total. The molecule has 2 aromatic carbocycles. The lowest BCUT2D eigenvalue weighted by Gasteiger charge is -2.01. The van der Waals surface area contributed by atoms with Crippen molar-refractivity contribution in [2.24, 2.45) is 0 Å². The van der Waals surface area contributed by atoms with Gasteiger partial charge < -0.3 is 0 Å². The number of benzene rings is 2. The van der Waals surface area contributed by atoms with Crippen molar-refractivity contribution in [1.82, 2.24) is 0 Å². The van der Waals surface area contributed by atoms with Gasteiger partial charge in [-0.2, -0.15) is 0 Å². The smallest absolute Gasteiger partial charge is 0.246 e. The molecule has 0 saturated heterocycles. The average Bonchev–Trinajstić information content (AvgIpc) is 2.58. The summed E-state index contributed by atoms with van der Waals surface area (Å²) in [4.78, 5) is 32.3. The van der Waals surface area contributed by atoms with Crippen molar-refractivity contribution in [3.8, 4) is 0 Å². The number of hydrogen-bond donors (Lipinski definition) is 0. The van der Waals surface area contributed by atoms with E-state index in [-0.39, 0.29) is 11.1 Å². The van der Waals surface area contributed by atoms with Gasteiger partial charge in [0.05, 0.1) is 11.1 Å². The van der Waals surface area contributed by atoms with Crippen LogP contribution in [0.2, 0.25) is 0 Å². The fourth-order valence-corrected chi connectivity index (χ4v) is 2.12. The molecule has 2 rings (SSSR count). The molecule has 124 valence electrons. The van der Waals surface area contributed by atoms with Crippen LogP contribution in [0.25, 0.3) is 0 Å². The monoisotopic (exact) mass is 349 g/mol. The van der Waals surface area contributed by atoms with Crippen molar-refractivity contribution in [2.75, 3.05) is 0 Å². The van der Waals surface area contributed by atoms with Gasteiger partial charge in [0.2, 0.25) is 0 Å². The number of rotatable bonds is 6. The first-order chi connectivity index (χ1) is 11.5. The van der Waals surface area contributed by atoms with Crippen LogP contribution in [-0.4, -0.2) is 11.9 Å². The number of hydrogen-bond acceptors (Lipinski definition) is 7. The fourth-order valence-electron chi connectivity index (χ4n) is 1.83. The molecule has 0 radical (unpaired) electrons. The molecule has 0 aliphatic carbocycles. The van der Waals surface area contributed by atoms with E-state index in [2.05, 4.69) is 19.1 Å². The maximum atomic E-state index is 11.7. The Morgan fingerprint density at radius 3 is 1.50 bits per heavy atom. The molecule has 0 unspecified atom stereocenters. The Bertz CT molecular complexity index is 709. The van der Waals surface area contributed by atoms with E-state index in [1.165, 1.54) is 12.1 Å². The van der Waals surface area contributed by atoms with Gasteiger partial charge in [0.15, 0.2) is 0 Å². The second-order valence-corrected chi connectivity index (χ2v) is 5.49. The van der Waals surface area contributed by atoms with E-state index < -0.39 is 20.2 Å². The molecule has 0 amide bonds. The summed E-state index contributed by atoms with van der Waals surface area (Å²) in [6.45, 7) is 3.41. The van der Waals surface area contributed by atoms with Crippen LogP contribution in [0.1, 0.15) is 31.8 Å². The van der Waals surface area contributed by atoms with Crippen LogP contribution in [0.4, 0.5) is 0 Å². The van der Waals surface area contributed by atoms with E-state index in [0.717, 1.165) is 0 Å². The van der Waals surface area contributed by atoms with E-state index in [1.807, 2.05) is 0 Å². The first-order valence-electron chi connectivity index (χ1n) is 6.85. The van der Waals surface area contributed by atoms with Crippen LogP contribution in [0.3, 0.4) is 0 Å². The second kappa shape index (κ2) is 8.31. The highest BCUT2D eigenvalue weighted by Gasteiger charge is 2.30. The highest BCUT2D eigenvalue weighted by molar-refractivity contribution is 7.33. The van der Waals surface area contributed by atoms with E-state index >= 15 is 0 Å². The minimum absolute atomic E-state index is 0.248. The Labute approximate surface area is 138 Å². The highest BCUT2D eigenvalue weighted by Crippen LogP contribution is 2.26. The van der Waals surface area contributed by atoms with Crippen LogP contribution in [0.5, 0.6) is 0 Å². The van der Waals surface area contributed by atoms with E-state index in [9.17, 15) is 14.2 Å². The Morgan fingerprint density at radius 1 is 0.750 bits per heavy atom. The molecule has 0 aliphatic rings. The van der Waals surface area contributed by atoms with E-state index in [1.54, 1.807) is 50.2 Å². The predicted molar refractivity (Wildman–Crippen MR) is 83.0 cm³/mol. The van der Waals surface area contributed by atoms with Crippen LogP contribution < -0.4 is 0 Å². The molecule has 0 bridgehead atoms. The summed E-state index contributed by atoms with van der Waals surface area (Å²) in [5.74, 6) is -1.68. The maximum Gasteiger partial charge on any atom is 0.780 e. The van der Waals surface area contributed by atoms with Gasteiger partial charge in [0.25, 0.3) is 0 Å². The Hall–Kier alpha value is -2.60. The molecule has 0 aromatic heterocycles. The van der Waals surface area contributed by atoms with Gasteiger partial charge >= 0.3 is 20.2 Å². The minimum Gasteiger partial charge on any atom is -0.246 e. The molecule has 2 aromatic rings. The Morgan fingerprint density at radius 2 is 1.12 bits per heavy atom. The van der Waals surface area contributed by atoms with Gasteiger partial charge in [-0.15, -0.1) is 0 Å². The van der Waals surface area contributed by atoms with Crippen molar-refractivity contribution in [1.29, 1.82) is 0 Å². The van der Waals surface area contributed by atoms with Gasteiger partial charge in [0, 0.05) is 4.57 Å². The van der Waals surface area contributed by atoms with Crippen molar-refractivity contribution < 1.29 is 33.3 Å². The van der Waals surface area contributed by atoms with Crippen molar-refractivity contribution in [3.63, 3.8) is 0 Å². The third kappa shape index (κ3) is 4.70. The molecular formula is C16H14O7P+. The van der Waals surface area contributed by atoms with Crippen LogP contribution in [0.15, 0.2) is 48.5 Å². The standard InChI is InChI=1S/C16H14O7P/c1-11-7-3-5-9-13(11)15(17)20-22-24(19)23-21-16(18)14-10-6-4-8-12(14)2/h3-10H,1-2H3/q+1. The number of carbonyl (C=O) groups excluding carboxylic acids is 2.